The first-order valence-corrected chi connectivity index (χ1v) is 4.81. The van der Waals surface area contributed by atoms with Crippen LogP contribution in [0.15, 0.2) is 18.2 Å². The van der Waals surface area contributed by atoms with E-state index in [-0.39, 0.29) is 0 Å². The summed E-state index contributed by atoms with van der Waals surface area (Å²) in [7, 11) is 0. The Kier molecular flexibility index (Phi) is 3.04. The highest BCUT2D eigenvalue weighted by atomic mass is 127. The van der Waals surface area contributed by atoms with Crippen LogP contribution < -0.4 is 0 Å². The molecule has 0 fully saturated rings. The zero-order valence-electron chi connectivity index (χ0n) is 5.76. The molecule has 1 rings (SSSR count). The lowest BCUT2D eigenvalue weighted by Gasteiger charge is -2.02. The fourth-order valence-electron chi connectivity index (χ4n) is 0.823. The minimum Gasteiger partial charge on any atom is -0.175 e. The van der Waals surface area contributed by atoms with E-state index in [1.54, 1.807) is 0 Å². The maximum Gasteiger partial charge on any atom is 0.0162 e. The molecule has 0 saturated carbocycles. The molecule has 0 radical (unpaired) electrons. The molecule has 0 aliphatic rings. The van der Waals surface area contributed by atoms with Crippen molar-refractivity contribution in [1.29, 1.82) is 0 Å². The van der Waals surface area contributed by atoms with Crippen LogP contribution in [0.1, 0.15) is 11.1 Å². The maximum atomic E-state index is 4.22. The third-order valence-electron chi connectivity index (χ3n) is 1.55. The number of hydrogen-bond donors (Lipinski definition) is 1. The second-order valence-electron chi connectivity index (χ2n) is 2.18. The Balaban J connectivity index is 3.14. The molecule has 0 N–H and O–H groups in total. The normalized spacial score (nSPS) is 9.90. The summed E-state index contributed by atoms with van der Waals surface area (Å²) in [6, 6.07) is 6.30. The van der Waals surface area contributed by atoms with Crippen LogP contribution in [-0.4, -0.2) is 0 Å². The molecule has 0 heterocycles. The van der Waals surface area contributed by atoms with Gasteiger partial charge in [-0.1, -0.05) is 12.1 Å². The first-order valence-electron chi connectivity index (χ1n) is 3.10. The lowest BCUT2D eigenvalue weighted by Crippen LogP contribution is -1.86. The predicted molar refractivity (Wildman–Crippen MR) is 56.6 cm³/mol. The van der Waals surface area contributed by atoms with E-state index >= 15 is 0 Å². The van der Waals surface area contributed by atoms with Crippen molar-refractivity contribution in [3.05, 3.63) is 32.9 Å². The number of rotatable bonds is 1. The molecule has 10 heavy (non-hydrogen) atoms. The molecule has 2 heteroatoms. The third-order valence-corrected chi connectivity index (χ3v) is 3.06. The number of thiol groups is 1. The Morgan fingerprint density at radius 2 is 2.20 bits per heavy atom. The maximum absolute atomic E-state index is 4.22. The first kappa shape index (κ1) is 8.40. The minimum absolute atomic E-state index is 0.836. The van der Waals surface area contributed by atoms with E-state index < -0.39 is 0 Å². The quantitative estimate of drug-likeness (QED) is 0.585. The first-order chi connectivity index (χ1) is 4.75. The molecule has 54 valence electrons. The fourth-order valence-corrected chi connectivity index (χ4v) is 1.72. The van der Waals surface area contributed by atoms with Crippen LogP contribution in [-0.2, 0) is 5.75 Å². The molecule has 0 aliphatic carbocycles. The van der Waals surface area contributed by atoms with Crippen molar-refractivity contribution < 1.29 is 0 Å². The largest absolute Gasteiger partial charge is 0.175 e. The molecule has 0 aromatic heterocycles. The summed E-state index contributed by atoms with van der Waals surface area (Å²) in [5.74, 6) is 0.836. The smallest absolute Gasteiger partial charge is 0.0162 e. The van der Waals surface area contributed by atoms with Gasteiger partial charge in [0.25, 0.3) is 0 Å². The Bertz CT molecular complexity index is 233. The molecule has 0 nitrogen and oxygen atoms in total. The summed E-state index contributed by atoms with van der Waals surface area (Å²) in [5, 5.41) is 0. The summed E-state index contributed by atoms with van der Waals surface area (Å²) < 4.78 is 1.32. The van der Waals surface area contributed by atoms with E-state index in [9.17, 15) is 0 Å². The van der Waals surface area contributed by atoms with E-state index in [0.29, 0.717) is 0 Å². The summed E-state index contributed by atoms with van der Waals surface area (Å²) in [6.45, 7) is 2.13. The predicted octanol–water partition coefficient (Wildman–Crippen LogP) is 3.03. The number of halogens is 1. The summed E-state index contributed by atoms with van der Waals surface area (Å²) in [6.07, 6.45) is 0. The molecule has 0 aliphatic heterocycles. The van der Waals surface area contributed by atoms with Crippen LogP contribution in [0.5, 0.6) is 0 Å². The Morgan fingerprint density at radius 3 is 2.70 bits per heavy atom. The van der Waals surface area contributed by atoms with Gasteiger partial charge >= 0.3 is 0 Å². The molecular weight excluding hydrogens is 255 g/mol. The molecule has 0 amide bonds. The minimum atomic E-state index is 0.836. The zero-order valence-corrected chi connectivity index (χ0v) is 8.82. The second kappa shape index (κ2) is 3.62. The SMILES string of the molecule is Cc1c(I)cccc1CS. The molecule has 0 unspecified atom stereocenters. The van der Waals surface area contributed by atoms with Gasteiger partial charge in [-0.25, -0.2) is 0 Å². The molecule has 1 aromatic rings. The number of hydrogen-bond acceptors (Lipinski definition) is 1. The molecule has 0 atom stereocenters. The fraction of sp³-hybridized carbons (Fsp3) is 0.250. The summed E-state index contributed by atoms with van der Waals surface area (Å²) in [5.41, 5.74) is 2.69. The summed E-state index contributed by atoms with van der Waals surface area (Å²) in [4.78, 5) is 0. The second-order valence-corrected chi connectivity index (χ2v) is 3.66. The topological polar surface area (TPSA) is 0 Å². The zero-order chi connectivity index (χ0) is 7.56. The molecule has 0 saturated heterocycles. The van der Waals surface area contributed by atoms with Gasteiger partial charge in [-0.2, -0.15) is 12.6 Å². The van der Waals surface area contributed by atoms with E-state index in [4.69, 9.17) is 0 Å². The van der Waals surface area contributed by atoms with Crippen molar-refractivity contribution in [3.8, 4) is 0 Å². The lowest BCUT2D eigenvalue weighted by atomic mass is 10.1. The molecule has 1 aromatic carbocycles. The van der Waals surface area contributed by atoms with Gasteiger partial charge < -0.3 is 0 Å². The van der Waals surface area contributed by atoms with Crippen molar-refractivity contribution in [2.24, 2.45) is 0 Å². The van der Waals surface area contributed by atoms with Crippen molar-refractivity contribution in [2.45, 2.75) is 12.7 Å². The van der Waals surface area contributed by atoms with Gasteiger partial charge in [0.2, 0.25) is 0 Å². The molecule has 0 spiro atoms. The van der Waals surface area contributed by atoms with E-state index in [1.165, 1.54) is 14.7 Å². The van der Waals surface area contributed by atoms with Crippen molar-refractivity contribution >= 4 is 35.2 Å². The van der Waals surface area contributed by atoms with Gasteiger partial charge in [0, 0.05) is 9.32 Å². The van der Waals surface area contributed by atoms with Gasteiger partial charge in [-0.15, -0.1) is 0 Å². The van der Waals surface area contributed by atoms with Gasteiger partial charge in [-0.05, 0) is 46.7 Å². The van der Waals surface area contributed by atoms with Crippen molar-refractivity contribution in [3.63, 3.8) is 0 Å². The van der Waals surface area contributed by atoms with Crippen LogP contribution in [0.2, 0.25) is 0 Å². The van der Waals surface area contributed by atoms with Crippen LogP contribution in [0.25, 0.3) is 0 Å². The highest BCUT2D eigenvalue weighted by molar-refractivity contribution is 14.1. The molecule has 0 bridgehead atoms. The van der Waals surface area contributed by atoms with Gasteiger partial charge in [0.05, 0.1) is 0 Å². The highest BCUT2D eigenvalue weighted by Crippen LogP contribution is 2.16. The Labute approximate surface area is 80.6 Å². The van der Waals surface area contributed by atoms with Gasteiger partial charge in [-0.3, -0.25) is 0 Å². The monoisotopic (exact) mass is 264 g/mol. The van der Waals surface area contributed by atoms with Crippen LogP contribution in [0.3, 0.4) is 0 Å². The van der Waals surface area contributed by atoms with Crippen LogP contribution in [0.4, 0.5) is 0 Å². The van der Waals surface area contributed by atoms with E-state index in [0.717, 1.165) is 5.75 Å². The van der Waals surface area contributed by atoms with Crippen LogP contribution >= 0.6 is 35.2 Å². The molecular formula is C8H9IS. The third kappa shape index (κ3) is 1.66. The average molecular weight is 264 g/mol. The average Bonchev–Trinajstić information content (AvgIpc) is 1.95. The van der Waals surface area contributed by atoms with Crippen LogP contribution in [0, 0.1) is 10.5 Å². The van der Waals surface area contributed by atoms with Gasteiger partial charge in [0.15, 0.2) is 0 Å². The van der Waals surface area contributed by atoms with Gasteiger partial charge in [0.1, 0.15) is 0 Å². The van der Waals surface area contributed by atoms with Crippen molar-refractivity contribution in [1.82, 2.24) is 0 Å². The lowest BCUT2D eigenvalue weighted by molar-refractivity contribution is 1.29. The van der Waals surface area contributed by atoms with E-state index in [1.807, 2.05) is 0 Å². The van der Waals surface area contributed by atoms with E-state index in [2.05, 4.69) is 60.3 Å². The summed E-state index contributed by atoms with van der Waals surface area (Å²) >= 11 is 6.56. The Morgan fingerprint density at radius 1 is 1.50 bits per heavy atom. The van der Waals surface area contributed by atoms with Crippen molar-refractivity contribution in [2.75, 3.05) is 0 Å². The Hall–Kier alpha value is 0.300. The number of benzene rings is 1. The standard InChI is InChI=1S/C8H9IS/c1-6-7(5-10)3-2-4-8(6)9/h2-4,10H,5H2,1H3. The highest BCUT2D eigenvalue weighted by Gasteiger charge is 1.97.